The number of amides is 1. The number of carbonyl (C=O) groups is 1. The number of carbonyl (C=O) groups excluding carboxylic acids is 1. The summed E-state index contributed by atoms with van der Waals surface area (Å²) in [6.45, 7) is 0.247. The highest BCUT2D eigenvalue weighted by Crippen LogP contribution is 2.08. The van der Waals surface area contributed by atoms with Crippen LogP contribution in [0, 0.1) is 0 Å². The van der Waals surface area contributed by atoms with Crippen molar-refractivity contribution >= 4 is 11.7 Å². The van der Waals surface area contributed by atoms with Gasteiger partial charge in [-0.15, -0.1) is 0 Å². The molecule has 0 aliphatic heterocycles. The molecule has 100 valence electrons. The van der Waals surface area contributed by atoms with E-state index >= 15 is 0 Å². The molecular formula is C13H12N6O. The summed E-state index contributed by atoms with van der Waals surface area (Å²) < 4.78 is 3.52. The molecule has 0 aliphatic carbocycles. The lowest BCUT2D eigenvalue weighted by molar-refractivity contribution is -0.116. The summed E-state index contributed by atoms with van der Waals surface area (Å²) >= 11 is 0. The van der Waals surface area contributed by atoms with Crippen LogP contribution in [0.1, 0.15) is 0 Å². The minimum Gasteiger partial charge on any atom is -0.345 e. The highest BCUT2D eigenvalue weighted by molar-refractivity contribution is 5.89. The number of anilines is 1. The zero-order valence-corrected chi connectivity index (χ0v) is 10.5. The van der Waals surface area contributed by atoms with Crippen LogP contribution in [0.15, 0.2) is 55.6 Å². The Labute approximate surface area is 114 Å². The molecule has 0 spiro atoms. The fraction of sp³-hybridized carbons (Fsp3) is 0.0769. The number of nitrogens with zero attached hydrogens (tertiary/aromatic N) is 5. The van der Waals surface area contributed by atoms with Crippen molar-refractivity contribution < 1.29 is 4.79 Å². The van der Waals surface area contributed by atoms with Crippen LogP contribution in [-0.4, -0.2) is 30.0 Å². The maximum absolute atomic E-state index is 11.9. The molecule has 0 aromatic carbocycles. The van der Waals surface area contributed by atoms with Crippen LogP contribution in [0.2, 0.25) is 0 Å². The second-order valence-corrected chi connectivity index (χ2v) is 4.13. The lowest BCUT2D eigenvalue weighted by atomic mass is 10.5. The Morgan fingerprint density at radius 3 is 2.80 bits per heavy atom. The molecule has 20 heavy (non-hydrogen) atoms. The third-order valence-electron chi connectivity index (χ3n) is 2.68. The van der Waals surface area contributed by atoms with Gasteiger partial charge in [-0.2, -0.15) is 0 Å². The van der Waals surface area contributed by atoms with Gasteiger partial charge < -0.3 is 9.88 Å². The number of hydrogen-bond acceptors (Lipinski definition) is 4. The smallest absolute Gasteiger partial charge is 0.245 e. The highest BCUT2D eigenvalue weighted by Gasteiger charge is 2.05. The molecule has 0 saturated carbocycles. The molecule has 3 aromatic rings. The van der Waals surface area contributed by atoms with E-state index in [9.17, 15) is 4.79 Å². The summed E-state index contributed by atoms with van der Waals surface area (Å²) in [5.41, 5.74) is 0. The number of aromatic nitrogens is 5. The minimum absolute atomic E-state index is 0.142. The molecule has 0 radical (unpaired) electrons. The van der Waals surface area contributed by atoms with Gasteiger partial charge in [0.25, 0.3) is 0 Å². The van der Waals surface area contributed by atoms with Gasteiger partial charge in [-0.1, -0.05) is 0 Å². The number of rotatable bonds is 4. The summed E-state index contributed by atoms with van der Waals surface area (Å²) in [6.07, 6.45) is 10.1. The molecule has 1 N–H and O–H groups in total. The van der Waals surface area contributed by atoms with Gasteiger partial charge in [-0.05, 0) is 12.1 Å². The van der Waals surface area contributed by atoms with Crippen LogP contribution in [0.3, 0.4) is 0 Å². The van der Waals surface area contributed by atoms with Gasteiger partial charge in [-0.3, -0.25) is 9.36 Å². The minimum atomic E-state index is -0.142. The van der Waals surface area contributed by atoms with Crippen molar-refractivity contribution in [3.8, 4) is 5.82 Å². The van der Waals surface area contributed by atoms with Gasteiger partial charge in [0, 0.05) is 30.9 Å². The largest absolute Gasteiger partial charge is 0.345 e. The van der Waals surface area contributed by atoms with E-state index in [2.05, 4.69) is 20.3 Å². The molecule has 0 bridgehead atoms. The van der Waals surface area contributed by atoms with E-state index in [0.29, 0.717) is 11.6 Å². The van der Waals surface area contributed by atoms with E-state index in [4.69, 9.17) is 0 Å². The van der Waals surface area contributed by atoms with E-state index in [1.54, 1.807) is 33.9 Å². The Morgan fingerprint density at radius 1 is 1.20 bits per heavy atom. The molecule has 1 amide bonds. The molecule has 3 rings (SSSR count). The van der Waals surface area contributed by atoms with Crippen LogP contribution in [0.5, 0.6) is 0 Å². The van der Waals surface area contributed by atoms with Gasteiger partial charge in [0.05, 0.1) is 0 Å². The summed E-state index contributed by atoms with van der Waals surface area (Å²) in [5, 5.41) is 2.74. The summed E-state index contributed by atoms with van der Waals surface area (Å²) in [7, 11) is 0. The third-order valence-corrected chi connectivity index (χ3v) is 2.68. The van der Waals surface area contributed by atoms with Crippen LogP contribution < -0.4 is 5.32 Å². The molecule has 0 unspecified atom stereocenters. The van der Waals surface area contributed by atoms with Crippen LogP contribution in [0.4, 0.5) is 5.82 Å². The van der Waals surface area contributed by atoms with Gasteiger partial charge >= 0.3 is 0 Å². The quantitative estimate of drug-likeness (QED) is 0.768. The zero-order valence-electron chi connectivity index (χ0n) is 10.5. The van der Waals surface area contributed by atoms with Crippen molar-refractivity contribution in [2.45, 2.75) is 6.54 Å². The maximum atomic E-state index is 11.9. The second kappa shape index (κ2) is 5.35. The van der Waals surface area contributed by atoms with Gasteiger partial charge in [0.2, 0.25) is 5.91 Å². The van der Waals surface area contributed by atoms with E-state index in [1.807, 2.05) is 24.5 Å². The van der Waals surface area contributed by atoms with Gasteiger partial charge in [0.15, 0.2) is 0 Å². The van der Waals surface area contributed by atoms with E-state index in [0.717, 1.165) is 0 Å². The predicted molar refractivity (Wildman–Crippen MR) is 72.2 cm³/mol. The van der Waals surface area contributed by atoms with Crippen LogP contribution in [-0.2, 0) is 11.3 Å². The maximum Gasteiger partial charge on any atom is 0.245 e. The normalized spacial score (nSPS) is 10.4. The zero-order chi connectivity index (χ0) is 13.8. The van der Waals surface area contributed by atoms with Crippen molar-refractivity contribution in [1.82, 2.24) is 24.1 Å². The molecule has 0 aliphatic rings. The van der Waals surface area contributed by atoms with Crippen molar-refractivity contribution in [3.05, 3.63) is 55.6 Å². The van der Waals surface area contributed by atoms with Crippen molar-refractivity contribution in [1.29, 1.82) is 0 Å². The average molecular weight is 268 g/mol. The predicted octanol–water partition coefficient (Wildman–Crippen LogP) is 1.10. The lowest BCUT2D eigenvalue weighted by Crippen LogP contribution is -2.18. The Morgan fingerprint density at radius 2 is 2.05 bits per heavy atom. The first-order valence-electron chi connectivity index (χ1n) is 6.02. The first kappa shape index (κ1) is 12.1. The molecule has 0 atom stereocenters. The first-order chi connectivity index (χ1) is 9.81. The number of imidazole rings is 1. The van der Waals surface area contributed by atoms with Crippen LogP contribution in [0.25, 0.3) is 5.82 Å². The molecule has 0 saturated heterocycles. The lowest BCUT2D eigenvalue weighted by Gasteiger charge is -2.06. The topological polar surface area (TPSA) is 77.6 Å². The van der Waals surface area contributed by atoms with Crippen molar-refractivity contribution in [2.75, 3.05) is 5.32 Å². The average Bonchev–Trinajstić information content (AvgIpc) is 3.11. The Kier molecular flexibility index (Phi) is 3.24. The van der Waals surface area contributed by atoms with Crippen LogP contribution >= 0.6 is 0 Å². The molecule has 3 heterocycles. The Hall–Kier alpha value is -2.96. The van der Waals surface area contributed by atoms with Gasteiger partial charge in [0.1, 0.15) is 30.8 Å². The highest BCUT2D eigenvalue weighted by atomic mass is 16.2. The molecule has 7 nitrogen and oxygen atoms in total. The molecule has 3 aromatic heterocycles. The summed E-state index contributed by atoms with van der Waals surface area (Å²) in [4.78, 5) is 24.0. The second-order valence-electron chi connectivity index (χ2n) is 4.13. The number of hydrogen-bond donors (Lipinski definition) is 1. The molecule has 7 heteroatoms. The SMILES string of the molecule is O=C(Cn1cccc1)Nc1cc(-n2ccnc2)ncn1. The molecular weight excluding hydrogens is 256 g/mol. The standard InChI is InChI=1S/C13H12N6O/c20-13(8-18-4-1-2-5-18)17-11-7-12(16-9-15-11)19-6-3-14-10-19/h1-7,9-10H,8H2,(H,15,16,17,20). The summed E-state index contributed by atoms with van der Waals surface area (Å²) in [5.74, 6) is 0.964. The Bertz CT molecular complexity index is 689. The van der Waals surface area contributed by atoms with Gasteiger partial charge in [-0.25, -0.2) is 15.0 Å². The molecule has 0 fully saturated rings. The van der Waals surface area contributed by atoms with Crippen molar-refractivity contribution in [2.24, 2.45) is 0 Å². The fourth-order valence-electron chi connectivity index (χ4n) is 1.78. The summed E-state index contributed by atoms with van der Waals surface area (Å²) in [6, 6.07) is 5.43. The third kappa shape index (κ3) is 2.72. The monoisotopic (exact) mass is 268 g/mol. The number of nitrogens with one attached hydrogen (secondary N) is 1. The van der Waals surface area contributed by atoms with Crippen molar-refractivity contribution in [3.63, 3.8) is 0 Å². The fourth-order valence-corrected chi connectivity index (χ4v) is 1.78. The van der Waals surface area contributed by atoms with E-state index in [-0.39, 0.29) is 12.5 Å². The Balaban J connectivity index is 1.71. The van der Waals surface area contributed by atoms with E-state index < -0.39 is 0 Å². The van der Waals surface area contributed by atoms with E-state index in [1.165, 1.54) is 6.33 Å². The first-order valence-corrected chi connectivity index (χ1v) is 6.02.